The zero-order valence-electron chi connectivity index (χ0n) is 14.0. The van der Waals surface area contributed by atoms with Gasteiger partial charge in [-0.25, -0.2) is 8.42 Å². The van der Waals surface area contributed by atoms with Crippen molar-refractivity contribution < 1.29 is 17.9 Å². The van der Waals surface area contributed by atoms with Gasteiger partial charge in [-0.05, 0) is 37.0 Å². The molecule has 2 saturated heterocycles. The first-order chi connectivity index (χ1) is 11.9. The number of nitrogens with one attached hydrogen (secondary N) is 1. The van der Waals surface area contributed by atoms with Gasteiger partial charge in [0.1, 0.15) is 0 Å². The van der Waals surface area contributed by atoms with Gasteiger partial charge in [0.2, 0.25) is 15.9 Å². The number of nitrogens with zero attached hydrogens (tertiary/aromatic N) is 1. The topological polar surface area (TPSA) is 75.7 Å². The molecule has 0 spiro atoms. The molecule has 0 bridgehead atoms. The van der Waals surface area contributed by atoms with Crippen LogP contribution >= 0.6 is 11.6 Å². The molecule has 2 heterocycles. The maximum absolute atomic E-state index is 12.3. The number of hydrogen-bond acceptors (Lipinski definition) is 4. The molecule has 0 radical (unpaired) electrons. The third kappa shape index (κ3) is 4.34. The van der Waals surface area contributed by atoms with Crippen molar-refractivity contribution in [2.45, 2.75) is 24.7 Å². The standard InChI is InChI=1S/C17H23ClN2O4S/c18-15-4-2-14(3-5-15)17(6-9-24-10-7-17)13-19-16(21)12-20-8-1-11-25(20,22)23/h2-5H,1,6-13H2,(H,19,21). The van der Waals surface area contributed by atoms with E-state index in [0.717, 1.165) is 18.4 Å². The van der Waals surface area contributed by atoms with Gasteiger partial charge >= 0.3 is 0 Å². The van der Waals surface area contributed by atoms with Crippen LogP contribution in [0.1, 0.15) is 24.8 Å². The van der Waals surface area contributed by atoms with Crippen LogP contribution in [0.4, 0.5) is 0 Å². The van der Waals surface area contributed by atoms with Gasteiger partial charge < -0.3 is 10.1 Å². The highest BCUT2D eigenvalue weighted by Gasteiger charge is 2.36. The summed E-state index contributed by atoms with van der Waals surface area (Å²) in [5.41, 5.74) is 0.914. The lowest BCUT2D eigenvalue weighted by atomic mass is 9.74. The minimum atomic E-state index is -3.26. The van der Waals surface area contributed by atoms with E-state index in [9.17, 15) is 13.2 Å². The molecular weight excluding hydrogens is 364 g/mol. The van der Waals surface area contributed by atoms with Crippen molar-refractivity contribution in [2.75, 3.05) is 38.6 Å². The van der Waals surface area contributed by atoms with Gasteiger partial charge in [0.15, 0.2) is 0 Å². The Bertz CT molecular complexity index is 715. The van der Waals surface area contributed by atoms with Gasteiger partial charge in [-0.1, -0.05) is 23.7 Å². The normalized spacial score (nSPS) is 22.6. The molecule has 2 fully saturated rings. The summed E-state index contributed by atoms with van der Waals surface area (Å²) < 4.78 is 30.4. The van der Waals surface area contributed by atoms with Crippen molar-refractivity contribution in [3.8, 4) is 0 Å². The summed E-state index contributed by atoms with van der Waals surface area (Å²) in [5, 5.41) is 3.61. The first kappa shape index (κ1) is 18.6. The summed E-state index contributed by atoms with van der Waals surface area (Å²) in [6.45, 7) is 2.06. The van der Waals surface area contributed by atoms with E-state index in [4.69, 9.17) is 16.3 Å². The largest absolute Gasteiger partial charge is 0.381 e. The number of halogens is 1. The smallest absolute Gasteiger partial charge is 0.235 e. The highest BCUT2D eigenvalue weighted by Crippen LogP contribution is 2.34. The minimum Gasteiger partial charge on any atom is -0.381 e. The number of benzene rings is 1. The number of carbonyl (C=O) groups is 1. The Balaban J connectivity index is 1.67. The van der Waals surface area contributed by atoms with E-state index in [2.05, 4.69) is 5.32 Å². The molecule has 0 aromatic heterocycles. The summed E-state index contributed by atoms with van der Waals surface area (Å²) in [6, 6.07) is 7.69. The molecule has 138 valence electrons. The number of rotatable bonds is 5. The summed E-state index contributed by atoms with van der Waals surface area (Å²) >= 11 is 5.99. The van der Waals surface area contributed by atoms with Crippen LogP contribution in [0.5, 0.6) is 0 Å². The summed E-state index contributed by atoms with van der Waals surface area (Å²) in [6.07, 6.45) is 2.19. The van der Waals surface area contributed by atoms with E-state index >= 15 is 0 Å². The molecule has 1 amide bonds. The van der Waals surface area contributed by atoms with Crippen molar-refractivity contribution in [1.82, 2.24) is 9.62 Å². The maximum Gasteiger partial charge on any atom is 0.235 e. The molecule has 1 aromatic carbocycles. The van der Waals surface area contributed by atoms with E-state index < -0.39 is 10.0 Å². The number of ether oxygens (including phenoxy) is 1. The van der Waals surface area contributed by atoms with Crippen LogP contribution in [0.25, 0.3) is 0 Å². The van der Waals surface area contributed by atoms with E-state index in [0.29, 0.717) is 37.7 Å². The third-order valence-electron chi connectivity index (χ3n) is 5.05. The Kier molecular flexibility index (Phi) is 5.68. The van der Waals surface area contributed by atoms with E-state index in [-0.39, 0.29) is 23.6 Å². The Hall–Kier alpha value is -1.15. The number of carbonyl (C=O) groups excluding carboxylic acids is 1. The van der Waals surface area contributed by atoms with Crippen LogP contribution in [0.3, 0.4) is 0 Å². The van der Waals surface area contributed by atoms with Crippen LogP contribution < -0.4 is 5.32 Å². The number of amides is 1. The molecule has 0 atom stereocenters. The van der Waals surface area contributed by atoms with E-state index in [1.807, 2.05) is 24.3 Å². The van der Waals surface area contributed by atoms with Crippen LogP contribution in [0.2, 0.25) is 5.02 Å². The van der Waals surface area contributed by atoms with E-state index in [1.165, 1.54) is 4.31 Å². The summed E-state index contributed by atoms with van der Waals surface area (Å²) in [7, 11) is -3.26. The molecule has 3 rings (SSSR count). The monoisotopic (exact) mass is 386 g/mol. The first-order valence-electron chi connectivity index (χ1n) is 8.50. The summed E-state index contributed by atoms with van der Waals surface area (Å²) in [4.78, 5) is 12.3. The molecule has 2 aliphatic heterocycles. The molecular formula is C17H23ClN2O4S. The molecule has 6 nitrogen and oxygen atoms in total. The first-order valence-corrected chi connectivity index (χ1v) is 10.5. The molecule has 1 aromatic rings. The predicted molar refractivity (Wildman–Crippen MR) is 96.2 cm³/mol. The van der Waals surface area contributed by atoms with Crippen LogP contribution in [0.15, 0.2) is 24.3 Å². The predicted octanol–water partition coefficient (Wildman–Crippen LogP) is 1.54. The number of sulfonamides is 1. The quantitative estimate of drug-likeness (QED) is 0.832. The van der Waals surface area contributed by atoms with Gasteiger partial charge in [-0.3, -0.25) is 4.79 Å². The fraction of sp³-hybridized carbons (Fsp3) is 0.588. The summed E-state index contributed by atoms with van der Waals surface area (Å²) in [5.74, 6) is -0.128. The lowest BCUT2D eigenvalue weighted by Crippen LogP contribution is -2.47. The lowest BCUT2D eigenvalue weighted by Gasteiger charge is -2.38. The fourth-order valence-electron chi connectivity index (χ4n) is 3.49. The van der Waals surface area contributed by atoms with Gasteiger partial charge in [0.05, 0.1) is 12.3 Å². The zero-order chi connectivity index (χ0) is 17.9. The van der Waals surface area contributed by atoms with Crippen molar-refractivity contribution in [2.24, 2.45) is 0 Å². The second-order valence-electron chi connectivity index (χ2n) is 6.68. The molecule has 0 aliphatic carbocycles. The Morgan fingerprint density at radius 2 is 1.92 bits per heavy atom. The lowest BCUT2D eigenvalue weighted by molar-refractivity contribution is -0.121. The van der Waals surface area contributed by atoms with Gasteiger partial charge in [0.25, 0.3) is 0 Å². The van der Waals surface area contributed by atoms with Gasteiger partial charge in [-0.2, -0.15) is 4.31 Å². The Morgan fingerprint density at radius 1 is 1.24 bits per heavy atom. The van der Waals surface area contributed by atoms with Crippen LogP contribution in [-0.2, 0) is 25.0 Å². The Labute approximate surface area is 153 Å². The van der Waals surface area contributed by atoms with Crippen molar-refractivity contribution in [3.05, 3.63) is 34.9 Å². The fourth-order valence-corrected chi connectivity index (χ4v) is 5.09. The highest BCUT2D eigenvalue weighted by atomic mass is 35.5. The third-order valence-corrected chi connectivity index (χ3v) is 7.21. The van der Waals surface area contributed by atoms with Gasteiger partial charge in [0, 0.05) is 36.7 Å². The second kappa shape index (κ2) is 7.61. The molecule has 8 heteroatoms. The van der Waals surface area contributed by atoms with Crippen LogP contribution in [0, 0.1) is 0 Å². The van der Waals surface area contributed by atoms with E-state index in [1.54, 1.807) is 0 Å². The minimum absolute atomic E-state index is 0.102. The average Bonchev–Trinajstić information content (AvgIpc) is 2.93. The Morgan fingerprint density at radius 3 is 2.52 bits per heavy atom. The van der Waals surface area contributed by atoms with Crippen molar-refractivity contribution in [1.29, 1.82) is 0 Å². The van der Waals surface area contributed by atoms with Crippen LogP contribution in [-0.4, -0.2) is 57.2 Å². The molecule has 0 unspecified atom stereocenters. The molecule has 25 heavy (non-hydrogen) atoms. The molecule has 2 aliphatic rings. The molecule has 0 saturated carbocycles. The zero-order valence-corrected chi connectivity index (χ0v) is 15.6. The average molecular weight is 387 g/mol. The number of hydrogen-bond donors (Lipinski definition) is 1. The van der Waals surface area contributed by atoms with Gasteiger partial charge in [-0.15, -0.1) is 0 Å². The van der Waals surface area contributed by atoms with Crippen molar-refractivity contribution in [3.63, 3.8) is 0 Å². The SMILES string of the molecule is O=C(CN1CCCS1(=O)=O)NCC1(c2ccc(Cl)cc2)CCOCC1. The second-order valence-corrected chi connectivity index (χ2v) is 9.20. The highest BCUT2D eigenvalue weighted by molar-refractivity contribution is 7.89. The molecule has 1 N–H and O–H groups in total. The maximum atomic E-state index is 12.3. The van der Waals surface area contributed by atoms with Crippen molar-refractivity contribution >= 4 is 27.5 Å².